The second kappa shape index (κ2) is 13.6. The average Bonchev–Trinajstić information content (AvgIpc) is 3.61. The number of pyridine rings is 1. The summed E-state index contributed by atoms with van der Waals surface area (Å²) in [6.45, 7) is 5.75. The summed E-state index contributed by atoms with van der Waals surface area (Å²) < 4.78 is 4.72. The first-order valence-corrected chi connectivity index (χ1v) is 17.4. The van der Waals surface area contributed by atoms with Gasteiger partial charge in [-0.05, 0) is 116 Å². The van der Waals surface area contributed by atoms with Gasteiger partial charge < -0.3 is 14.2 Å². The van der Waals surface area contributed by atoms with Gasteiger partial charge in [-0.3, -0.25) is 9.78 Å². The number of carbonyl (C=O) groups is 2. The van der Waals surface area contributed by atoms with Gasteiger partial charge in [-0.15, -0.1) is 0 Å². The fourth-order valence-corrected chi connectivity index (χ4v) is 7.84. The van der Waals surface area contributed by atoms with Crippen LogP contribution >= 0.6 is 0 Å². The molecular formula is C42H43N3O3. The van der Waals surface area contributed by atoms with E-state index in [2.05, 4.69) is 70.4 Å². The highest BCUT2D eigenvalue weighted by Gasteiger charge is 2.23. The molecule has 6 nitrogen and oxygen atoms in total. The number of para-hydroxylation sites is 1. The Morgan fingerprint density at radius 3 is 2.15 bits per heavy atom. The van der Waals surface area contributed by atoms with Gasteiger partial charge >= 0.3 is 5.97 Å². The number of aryl methyl sites for hydroxylation is 2. The molecule has 6 heteroatoms. The topological polar surface area (TPSA) is 77.1 Å². The summed E-state index contributed by atoms with van der Waals surface area (Å²) in [7, 11) is 0. The highest BCUT2D eigenvalue weighted by Crippen LogP contribution is 2.35. The summed E-state index contributed by atoms with van der Waals surface area (Å²) in [5.74, 6) is -0.345. The number of fused-ring (bicyclic) bond motifs is 6. The van der Waals surface area contributed by atoms with Gasteiger partial charge in [0.25, 0.3) is 0 Å². The molecule has 0 aliphatic heterocycles. The molecule has 1 N–H and O–H groups in total. The van der Waals surface area contributed by atoms with Crippen molar-refractivity contribution >= 4 is 34.1 Å². The largest absolute Gasteiger partial charge is 0.478 e. The van der Waals surface area contributed by atoms with E-state index < -0.39 is 5.97 Å². The van der Waals surface area contributed by atoms with E-state index in [1.165, 1.54) is 75.6 Å². The molecule has 0 radical (unpaired) electrons. The van der Waals surface area contributed by atoms with Crippen molar-refractivity contribution in [1.82, 2.24) is 14.1 Å². The molecule has 0 atom stereocenters. The molecule has 6 aromatic rings. The first-order chi connectivity index (χ1) is 23.4. The number of rotatable bonds is 7. The number of carbonyl (C=O) groups excluding carboxylic acids is 1. The first-order valence-electron chi connectivity index (χ1n) is 17.4. The monoisotopic (exact) mass is 637 g/mol. The Morgan fingerprint density at radius 1 is 0.771 bits per heavy atom. The van der Waals surface area contributed by atoms with Gasteiger partial charge in [0.15, 0.2) is 6.29 Å². The number of aromatic nitrogens is 3. The number of benzene rings is 3. The van der Waals surface area contributed by atoms with Crippen molar-refractivity contribution in [3.63, 3.8) is 0 Å². The normalized spacial score (nSPS) is 14.0. The minimum Gasteiger partial charge on any atom is -0.478 e. The molecule has 0 unspecified atom stereocenters. The zero-order valence-electron chi connectivity index (χ0n) is 27.9. The molecule has 0 amide bonds. The van der Waals surface area contributed by atoms with Crippen molar-refractivity contribution in [2.24, 2.45) is 0 Å². The smallest absolute Gasteiger partial charge is 0.336 e. The van der Waals surface area contributed by atoms with E-state index in [0.29, 0.717) is 30.1 Å². The Bertz CT molecular complexity index is 2130. The molecule has 0 spiro atoms. The van der Waals surface area contributed by atoms with Crippen LogP contribution < -0.4 is 0 Å². The van der Waals surface area contributed by atoms with Crippen molar-refractivity contribution in [2.75, 3.05) is 0 Å². The summed E-state index contributed by atoms with van der Waals surface area (Å²) in [6, 6.07) is 26.4. The van der Waals surface area contributed by atoms with Gasteiger partial charge in [0.1, 0.15) is 0 Å². The maximum atomic E-state index is 11.6. The lowest BCUT2D eigenvalue weighted by atomic mass is 9.93. The van der Waals surface area contributed by atoms with E-state index in [9.17, 15) is 14.7 Å². The van der Waals surface area contributed by atoms with Crippen LogP contribution in [0.3, 0.4) is 0 Å². The molecule has 0 bridgehead atoms. The van der Waals surface area contributed by atoms with Gasteiger partial charge in [0.05, 0.1) is 17.8 Å². The number of carboxylic acids is 1. The van der Waals surface area contributed by atoms with E-state index in [-0.39, 0.29) is 0 Å². The number of nitrogens with zero attached hydrogens (tertiary/aromatic N) is 3. The average molecular weight is 638 g/mol. The van der Waals surface area contributed by atoms with Gasteiger partial charge in [0, 0.05) is 51.5 Å². The van der Waals surface area contributed by atoms with Crippen LogP contribution in [0.1, 0.15) is 106 Å². The third-order valence-electron chi connectivity index (χ3n) is 10.3. The molecule has 8 rings (SSSR count). The SMILES string of the molecule is CC(C)c1ccc2c(c1)c1c(n2Cc2ccccc2C(=O)O)CCCC1.O=Cc1cccnc1Cn1c2c(c3ccccc31)CCCC2. The second-order valence-electron chi connectivity index (χ2n) is 13.5. The molecule has 0 saturated carbocycles. The van der Waals surface area contributed by atoms with Crippen LogP contribution in [0.15, 0.2) is 85.1 Å². The van der Waals surface area contributed by atoms with Crippen LogP contribution in [0, 0.1) is 0 Å². The Balaban J connectivity index is 0.000000154. The number of aldehydes is 1. The first kappa shape index (κ1) is 31.6. The standard InChI is InChI=1S/C23H25NO2.C19H18N2O/c1-15(2)16-11-12-22-20(13-16)19-9-5-6-10-21(19)24(22)14-17-7-3-4-8-18(17)23(25)26;22-13-14-6-5-11-20-17(14)12-21-18-9-3-1-7-15(18)16-8-2-4-10-19(16)21/h3-4,7-8,11-13,15H,5-6,9-10,14H2,1-2H3,(H,25,26);1,3,5-7,9,11,13H,2,4,8,10,12H2. The maximum absolute atomic E-state index is 11.6. The van der Waals surface area contributed by atoms with Crippen LogP contribution in [0.4, 0.5) is 0 Å². The lowest BCUT2D eigenvalue weighted by molar-refractivity contribution is 0.0695. The van der Waals surface area contributed by atoms with E-state index in [1.54, 1.807) is 18.3 Å². The van der Waals surface area contributed by atoms with Crippen molar-refractivity contribution in [3.05, 3.63) is 136 Å². The lowest BCUT2D eigenvalue weighted by Crippen LogP contribution is -2.12. The van der Waals surface area contributed by atoms with Crippen LogP contribution in [0.5, 0.6) is 0 Å². The molecule has 0 saturated heterocycles. The van der Waals surface area contributed by atoms with Crippen molar-refractivity contribution in [3.8, 4) is 0 Å². The van der Waals surface area contributed by atoms with Crippen molar-refractivity contribution in [2.45, 2.75) is 84.2 Å². The summed E-state index contributed by atoms with van der Waals surface area (Å²) in [5.41, 5.74) is 12.5. The van der Waals surface area contributed by atoms with Crippen LogP contribution in [-0.4, -0.2) is 31.5 Å². The fraction of sp³-hybridized carbons (Fsp3) is 0.310. The zero-order chi connectivity index (χ0) is 33.2. The predicted octanol–water partition coefficient (Wildman–Crippen LogP) is 9.17. The number of aromatic carboxylic acids is 1. The number of carboxylic acid groups (broad SMARTS) is 1. The minimum atomic E-state index is -0.854. The van der Waals surface area contributed by atoms with E-state index >= 15 is 0 Å². The van der Waals surface area contributed by atoms with Crippen LogP contribution in [0.25, 0.3) is 21.8 Å². The summed E-state index contributed by atoms with van der Waals surface area (Å²) in [5, 5.41) is 12.3. The fourth-order valence-electron chi connectivity index (χ4n) is 7.84. The van der Waals surface area contributed by atoms with Crippen molar-refractivity contribution < 1.29 is 14.7 Å². The molecule has 2 aliphatic carbocycles. The van der Waals surface area contributed by atoms with Gasteiger partial charge in [0.2, 0.25) is 0 Å². The molecule has 3 heterocycles. The van der Waals surface area contributed by atoms with Crippen LogP contribution in [0.2, 0.25) is 0 Å². The molecule has 244 valence electrons. The van der Waals surface area contributed by atoms with Gasteiger partial charge in [-0.2, -0.15) is 0 Å². The van der Waals surface area contributed by atoms with Gasteiger partial charge in [-0.25, -0.2) is 4.79 Å². The quantitative estimate of drug-likeness (QED) is 0.177. The Morgan fingerprint density at radius 2 is 1.42 bits per heavy atom. The number of hydrogen-bond donors (Lipinski definition) is 1. The highest BCUT2D eigenvalue weighted by molar-refractivity contribution is 5.90. The summed E-state index contributed by atoms with van der Waals surface area (Å²) in [6.07, 6.45) is 12.1. The third-order valence-corrected chi connectivity index (χ3v) is 10.3. The molecule has 48 heavy (non-hydrogen) atoms. The maximum Gasteiger partial charge on any atom is 0.336 e. The van der Waals surface area contributed by atoms with E-state index in [4.69, 9.17) is 0 Å². The summed E-state index contributed by atoms with van der Waals surface area (Å²) in [4.78, 5) is 27.3. The Kier molecular flexibility index (Phi) is 8.98. The van der Waals surface area contributed by atoms with E-state index in [1.807, 2.05) is 24.3 Å². The Hall–Kier alpha value is -4.97. The van der Waals surface area contributed by atoms with Crippen LogP contribution in [-0.2, 0) is 38.8 Å². The summed E-state index contributed by atoms with van der Waals surface area (Å²) >= 11 is 0. The lowest BCUT2D eigenvalue weighted by Gasteiger charge is -2.17. The molecule has 3 aromatic carbocycles. The predicted molar refractivity (Wildman–Crippen MR) is 192 cm³/mol. The molecule has 2 aliphatic rings. The second-order valence-corrected chi connectivity index (χ2v) is 13.5. The molecule has 3 aromatic heterocycles. The molecular weight excluding hydrogens is 594 g/mol. The van der Waals surface area contributed by atoms with Crippen molar-refractivity contribution in [1.29, 1.82) is 0 Å². The zero-order valence-corrected chi connectivity index (χ0v) is 27.9. The Labute approximate surface area is 282 Å². The number of hydrogen-bond acceptors (Lipinski definition) is 3. The highest BCUT2D eigenvalue weighted by atomic mass is 16.4. The van der Waals surface area contributed by atoms with E-state index in [0.717, 1.165) is 43.2 Å². The van der Waals surface area contributed by atoms with Gasteiger partial charge in [-0.1, -0.05) is 56.3 Å². The third kappa shape index (κ3) is 5.96. The molecule has 0 fully saturated rings. The minimum absolute atomic E-state index is 0.401.